The van der Waals surface area contributed by atoms with Crippen molar-refractivity contribution in [1.29, 1.82) is 0 Å². The molecule has 0 radical (unpaired) electrons. The molecular formula is C23H18N+. The molecule has 0 saturated heterocycles. The number of para-hydroxylation sites is 1. The van der Waals surface area contributed by atoms with Gasteiger partial charge in [0.05, 0.1) is 5.56 Å². The molecule has 3 aromatic carbocycles. The molecule has 0 amide bonds. The Kier molecular flexibility index (Phi) is 3.96. The summed E-state index contributed by atoms with van der Waals surface area (Å²) in [7, 11) is 0. The summed E-state index contributed by atoms with van der Waals surface area (Å²) in [5, 5.41) is 0. The quantitative estimate of drug-likeness (QED) is 0.462. The Morgan fingerprint density at radius 1 is 0.750 bits per heavy atom. The predicted octanol–water partition coefficient (Wildman–Crippen LogP) is 4.43. The van der Waals surface area contributed by atoms with Crippen molar-refractivity contribution in [2.24, 2.45) is 0 Å². The van der Waals surface area contributed by atoms with Crippen molar-refractivity contribution in [2.75, 3.05) is 6.54 Å². The third-order valence-electron chi connectivity index (χ3n) is 4.30. The largest absolute Gasteiger partial charge is 0.264 e. The highest BCUT2D eigenvalue weighted by Crippen LogP contribution is 2.26. The van der Waals surface area contributed by atoms with Crippen molar-refractivity contribution in [3.05, 3.63) is 102 Å². The number of nitrogens with zero attached hydrogens (tertiary/aromatic N) is 1. The van der Waals surface area contributed by atoms with Gasteiger partial charge in [-0.05, 0) is 24.3 Å². The zero-order valence-electron chi connectivity index (χ0n) is 13.4. The summed E-state index contributed by atoms with van der Waals surface area (Å²) in [5.41, 5.74) is 5.95. The van der Waals surface area contributed by atoms with E-state index in [-0.39, 0.29) is 0 Å². The third-order valence-corrected chi connectivity index (χ3v) is 4.30. The fourth-order valence-corrected chi connectivity index (χ4v) is 3.11. The molecule has 1 aliphatic heterocycles. The minimum atomic E-state index is 0.979. The molecule has 1 heterocycles. The summed E-state index contributed by atoms with van der Waals surface area (Å²) in [4.78, 5) is 0. The van der Waals surface area contributed by atoms with Gasteiger partial charge in [-0.2, -0.15) is 4.58 Å². The van der Waals surface area contributed by atoms with Gasteiger partial charge < -0.3 is 0 Å². The molecule has 0 bridgehead atoms. The first-order valence-corrected chi connectivity index (χ1v) is 8.27. The van der Waals surface area contributed by atoms with Crippen LogP contribution in [0.2, 0.25) is 0 Å². The lowest BCUT2D eigenvalue weighted by Crippen LogP contribution is -2.15. The first kappa shape index (κ1) is 14.5. The van der Waals surface area contributed by atoms with Crippen molar-refractivity contribution in [3.63, 3.8) is 0 Å². The summed E-state index contributed by atoms with van der Waals surface area (Å²) >= 11 is 0. The van der Waals surface area contributed by atoms with Crippen LogP contribution in [0.3, 0.4) is 0 Å². The van der Waals surface area contributed by atoms with Crippen LogP contribution in [0.15, 0.2) is 84.9 Å². The summed E-state index contributed by atoms with van der Waals surface area (Å²) in [6, 6.07) is 29.2. The van der Waals surface area contributed by atoms with Crippen LogP contribution in [0.25, 0.3) is 0 Å². The Morgan fingerprint density at radius 3 is 2.21 bits per heavy atom. The standard InChI is InChI=1S/C23H18N/c1-3-9-19(10-4-1)15-16-23(20-11-5-2-6-12-20)24-18-17-21-13-7-8-14-22(21)24/h1-14H,17-18H2/q+1. The maximum atomic E-state index is 3.43. The maximum absolute atomic E-state index is 3.43. The zero-order valence-corrected chi connectivity index (χ0v) is 13.4. The summed E-state index contributed by atoms with van der Waals surface area (Å²) in [5.74, 6) is 6.75. The van der Waals surface area contributed by atoms with Gasteiger partial charge in [-0.25, -0.2) is 0 Å². The average molecular weight is 308 g/mol. The molecule has 24 heavy (non-hydrogen) atoms. The van der Waals surface area contributed by atoms with Crippen molar-refractivity contribution >= 4 is 11.4 Å². The van der Waals surface area contributed by atoms with Gasteiger partial charge in [0, 0.05) is 29.5 Å². The van der Waals surface area contributed by atoms with Gasteiger partial charge in [0.25, 0.3) is 5.71 Å². The molecule has 0 aromatic heterocycles. The molecule has 0 aliphatic carbocycles. The minimum Gasteiger partial charge on any atom is -0.184 e. The Balaban J connectivity index is 1.87. The van der Waals surface area contributed by atoms with Crippen molar-refractivity contribution in [2.45, 2.75) is 6.42 Å². The molecule has 1 heteroatoms. The molecule has 3 aromatic rings. The van der Waals surface area contributed by atoms with Crippen LogP contribution < -0.4 is 0 Å². The van der Waals surface area contributed by atoms with Gasteiger partial charge in [-0.15, -0.1) is 0 Å². The van der Waals surface area contributed by atoms with Crippen LogP contribution in [0, 0.1) is 11.8 Å². The van der Waals surface area contributed by atoms with Crippen LogP contribution in [-0.4, -0.2) is 16.8 Å². The normalized spacial score (nSPS) is 14.5. The third kappa shape index (κ3) is 2.87. The smallest absolute Gasteiger partial charge is 0.184 e. The monoisotopic (exact) mass is 308 g/mol. The van der Waals surface area contributed by atoms with Crippen molar-refractivity contribution in [1.82, 2.24) is 0 Å². The molecule has 0 unspecified atom stereocenters. The van der Waals surface area contributed by atoms with E-state index in [2.05, 4.69) is 64.9 Å². The van der Waals surface area contributed by atoms with Gasteiger partial charge in [-0.3, -0.25) is 0 Å². The number of fused-ring (bicyclic) bond motifs is 1. The lowest BCUT2D eigenvalue weighted by molar-refractivity contribution is -0.427. The van der Waals surface area contributed by atoms with Crippen LogP contribution >= 0.6 is 0 Å². The Labute approximate surface area is 142 Å². The van der Waals surface area contributed by atoms with E-state index in [1.807, 2.05) is 36.4 Å². The zero-order chi connectivity index (χ0) is 16.2. The van der Waals surface area contributed by atoms with Crippen molar-refractivity contribution in [3.8, 4) is 11.8 Å². The Hall–Kier alpha value is -3.11. The molecule has 0 fully saturated rings. The summed E-state index contributed by atoms with van der Waals surface area (Å²) < 4.78 is 2.35. The minimum absolute atomic E-state index is 0.979. The highest BCUT2D eigenvalue weighted by molar-refractivity contribution is 6.10. The van der Waals surface area contributed by atoms with E-state index in [4.69, 9.17) is 0 Å². The predicted molar refractivity (Wildman–Crippen MR) is 98.8 cm³/mol. The number of benzene rings is 3. The van der Waals surface area contributed by atoms with E-state index >= 15 is 0 Å². The highest BCUT2D eigenvalue weighted by Gasteiger charge is 2.27. The Morgan fingerprint density at radius 2 is 1.42 bits per heavy atom. The first-order valence-electron chi connectivity index (χ1n) is 8.27. The lowest BCUT2D eigenvalue weighted by Gasteiger charge is -2.01. The van der Waals surface area contributed by atoms with E-state index in [1.165, 1.54) is 11.3 Å². The van der Waals surface area contributed by atoms with Gasteiger partial charge in [-0.1, -0.05) is 60.5 Å². The molecule has 0 atom stereocenters. The fourth-order valence-electron chi connectivity index (χ4n) is 3.11. The average Bonchev–Trinajstić information content (AvgIpc) is 3.08. The van der Waals surface area contributed by atoms with Crippen LogP contribution in [-0.2, 0) is 6.42 Å². The first-order chi connectivity index (χ1) is 11.9. The second kappa shape index (κ2) is 6.56. The summed E-state index contributed by atoms with van der Waals surface area (Å²) in [6.07, 6.45) is 1.07. The SMILES string of the molecule is C(#Cc1ccccc1)C(c1ccccc1)=[N+]1CCc2ccccc21. The van der Waals surface area contributed by atoms with E-state index in [1.54, 1.807) is 0 Å². The van der Waals surface area contributed by atoms with Gasteiger partial charge >= 0.3 is 0 Å². The number of hydrogen-bond acceptors (Lipinski definition) is 0. The van der Waals surface area contributed by atoms with Gasteiger partial charge in [0.1, 0.15) is 0 Å². The molecule has 4 rings (SSSR count). The van der Waals surface area contributed by atoms with Gasteiger partial charge in [0.15, 0.2) is 6.54 Å². The highest BCUT2D eigenvalue weighted by atomic mass is 15.0. The van der Waals surface area contributed by atoms with E-state index in [0.717, 1.165) is 29.8 Å². The molecule has 1 aliphatic rings. The number of rotatable bonds is 1. The van der Waals surface area contributed by atoms with E-state index in [0.29, 0.717) is 0 Å². The number of hydrogen-bond donors (Lipinski definition) is 0. The molecule has 0 N–H and O–H groups in total. The lowest BCUT2D eigenvalue weighted by atomic mass is 10.1. The molecular weight excluding hydrogens is 290 g/mol. The molecule has 114 valence electrons. The second-order valence-electron chi connectivity index (χ2n) is 5.86. The van der Waals surface area contributed by atoms with Crippen LogP contribution in [0.1, 0.15) is 16.7 Å². The summed E-state index contributed by atoms with van der Waals surface area (Å²) in [6.45, 7) is 0.979. The van der Waals surface area contributed by atoms with Crippen LogP contribution in [0.4, 0.5) is 5.69 Å². The molecule has 0 spiro atoms. The maximum Gasteiger partial charge on any atom is 0.264 e. The van der Waals surface area contributed by atoms with E-state index < -0.39 is 0 Å². The van der Waals surface area contributed by atoms with Crippen molar-refractivity contribution < 1.29 is 4.58 Å². The molecule has 1 nitrogen and oxygen atoms in total. The topological polar surface area (TPSA) is 3.01 Å². The Bertz CT molecular complexity index is 941. The molecule has 0 saturated carbocycles. The fraction of sp³-hybridized carbons (Fsp3) is 0.0870. The van der Waals surface area contributed by atoms with E-state index in [9.17, 15) is 0 Å². The van der Waals surface area contributed by atoms with Gasteiger partial charge in [0.2, 0.25) is 5.69 Å². The second-order valence-corrected chi connectivity index (χ2v) is 5.86. The van der Waals surface area contributed by atoms with Crippen LogP contribution in [0.5, 0.6) is 0 Å².